The first-order valence-corrected chi connectivity index (χ1v) is 7.12. The van der Waals surface area contributed by atoms with Gasteiger partial charge in [-0.1, -0.05) is 12.2 Å². The molecule has 3 nitrogen and oxygen atoms in total. The van der Waals surface area contributed by atoms with E-state index in [1.54, 1.807) is 24.5 Å². The van der Waals surface area contributed by atoms with Gasteiger partial charge in [-0.2, -0.15) is 0 Å². The molecule has 0 amide bonds. The van der Waals surface area contributed by atoms with Crippen LogP contribution in [0.25, 0.3) is 0 Å². The van der Waals surface area contributed by atoms with E-state index in [1.165, 1.54) is 0 Å². The Bertz CT molecular complexity index is 661. The fraction of sp³-hybridized carbons (Fsp3) is 0.143. The van der Waals surface area contributed by atoms with Crippen molar-refractivity contribution in [3.05, 3.63) is 57.6 Å². The molecule has 2 rings (SSSR count). The van der Waals surface area contributed by atoms with E-state index in [1.807, 2.05) is 13.0 Å². The van der Waals surface area contributed by atoms with E-state index in [0.29, 0.717) is 17.8 Å². The number of aryl methyl sites for hydroxylation is 1. The summed E-state index contributed by atoms with van der Waals surface area (Å²) in [6, 6.07) is 5.23. The maximum Gasteiger partial charge on any atom is 0.161 e. The zero-order valence-electron chi connectivity index (χ0n) is 10.8. The van der Waals surface area contributed by atoms with Crippen LogP contribution in [0.5, 0.6) is 0 Å². The molecule has 0 bridgehead atoms. The van der Waals surface area contributed by atoms with Crippen LogP contribution in [0.3, 0.4) is 0 Å². The molecule has 0 spiro atoms. The average molecular weight is 354 g/mol. The molecule has 0 saturated heterocycles. The van der Waals surface area contributed by atoms with Crippen LogP contribution in [0.2, 0.25) is 0 Å². The minimum atomic E-state index is -0.406. The lowest BCUT2D eigenvalue weighted by Crippen LogP contribution is -2.12. The number of hydrogen-bond donors (Lipinski definition) is 2. The molecule has 1 aromatic carbocycles. The summed E-state index contributed by atoms with van der Waals surface area (Å²) < 4.78 is 14.5. The van der Waals surface area contributed by atoms with E-state index >= 15 is 0 Å². The lowest BCUT2D eigenvalue weighted by Gasteiger charge is -2.12. The van der Waals surface area contributed by atoms with Crippen molar-refractivity contribution in [3.63, 3.8) is 0 Å². The summed E-state index contributed by atoms with van der Waals surface area (Å²) in [5, 5.41) is 3.05. The molecular weight excluding hydrogens is 341 g/mol. The molecule has 0 fully saturated rings. The van der Waals surface area contributed by atoms with Crippen LogP contribution in [0, 0.1) is 12.7 Å². The number of rotatable bonds is 4. The molecule has 6 heteroatoms. The van der Waals surface area contributed by atoms with Gasteiger partial charge < -0.3 is 11.1 Å². The lowest BCUT2D eigenvalue weighted by molar-refractivity contribution is 0.623. The highest BCUT2D eigenvalue weighted by atomic mass is 79.9. The van der Waals surface area contributed by atoms with Crippen molar-refractivity contribution in [1.82, 2.24) is 4.98 Å². The predicted molar refractivity (Wildman–Crippen MR) is 86.3 cm³/mol. The van der Waals surface area contributed by atoms with Gasteiger partial charge in [0.2, 0.25) is 0 Å². The SMILES string of the molecule is Cc1ccncc1CNc1ccc(C(N)=S)c(Br)c1F. The van der Waals surface area contributed by atoms with Crippen molar-refractivity contribution in [2.24, 2.45) is 5.73 Å². The lowest BCUT2D eigenvalue weighted by atomic mass is 10.1. The third-order valence-electron chi connectivity index (χ3n) is 2.96. The predicted octanol–water partition coefficient (Wildman–Crippen LogP) is 3.54. The first kappa shape index (κ1) is 14.9. The molecule has 0 radical (unpaired) electrons. The number of thiocarbonyl (C=S) groups is 1. The number of nitrogens with two attached hydrogens (primary N) is 1. The van der Waals surface area contributed by atoms with Gasteiger partial charge in [0.05, 0.1) is 10.2 Å². The minimum Gasteiger partial charge on any atom is -0.389 e. The highest BCUT2D eigenvalue weighted by Gasteiger charge is 2.12. The van der Waals surface area contributed by atoms with Crippen LogP contribution >= 0.6 is 28.1 Å². The molecule has 0 aliphatic rings. The Hall–Kier alpha value is -1.53. The number of halogens is 2. The molecule has 0 unspecified atom stereocenters. The Kier molecular flexibility index (Phi) is 4.67. The Morgan fingerprint density at radius 3 is 2.85 bits per heavy atom. The van der Waals surface area contributed by atoms with E-state index in [9.17, 15) is 4.39 Å². The number of anilines is 1. The van der Waals surface area contributed by atoms with Crippen molar-refractivity contribution < 1.29 is 4.39 Å². The fourth-order valence-corrected chi connectivity index (χ4v) is 2.61. The Morgan fingerprint density at radius 1 is 1.45 bits per heavy atom. The van der Waals surface area contributed by atoms with Crippen molar-refractivity contribution >= 4 is 38.8 Å². The first-order valence-electron chi connectivity index (χ1n) is 5.92. The molecule has 1 aromatic heterocycles. The number of pyridine rings is 1. The summed E-state index contributed by atoms with van der Waals surface area (Å²) in [4.78, 5) is 4.22. The van der Waals surface area contributed by atoms with E-state index in [0.717, 1.165) is 11.1 Å². The van der Waals surface area contributed by atoms with Crippen LogP contribution < -0.4 is 11.1 Å². The molecule has 0 atom stereocenters. The standard InChI is InChI=1S/C14H13BrFN3S/c1-8-4-5-18-6-9(8)7-19-11-3-2-10(14(17)20)12(15)13(11)16/h2-6,19H,7H2,1H3,(H2,17,20). The summed E-state index contributed by atoms with van der Waals surface area (Å²) in [5.74, 6) is -0.406. The van der Waals surface area contributed by atoms with Gasteiger partial charge in [0, 0.05) is 24.5 Å². The number of nitrogens with one attached hydrogen (secondary N) is 1. The van der Waals surface area contributed by atoms with Gasteiger partial charge in [0.1, 0.15) is 4.99 Å². The normalized spacial score (nSPS) is 10.3. The Balaban J connectivity index is 2.21. The molecule has 3 N–H and O–H groups in total. The zero-order valence-corrected chi connectivity index (χ0v) is 13.2. The molecule has 1 heterocycles. The van der Waals surface area contributed by atoms with Crippen molar-refractivity contribution in [1.29, 1.82) is 0 Å². The maximum absolute atomic E-state index is 14.2. The molecule has 104 valence electrons. The van der Waals surface area contributed by atoms with Gasteiger partial charge in [-0.05, 0) is 52.2 Å². The van der Waals surface area contributed by atoms with E-state index in [4.69, 9.17) is 18.0 Å². The molecule has 2 aromatic rings. The second-order valence-electron chi connectivity index (χ2n) is 4.31. The van der Waals surface area contributed by atoms with Crippen molar-refractivity contribution in [2.75, 3.05) is 5.32 Å². The summed E-state index contributed by atoms with van der Waals surface area (Å²) in [6.45, 7) is 2.48. The van der Waals surface area contributed by atoms with Gasteiger partial charge in [-0.25, -0.2) is 4.39 Å². The summed E-state index contributed by atoms with van der Waals surface area (Å²) in [7, 11) is 0. The van der Waals surface area contributed by atoms with Crippen LogP contribution in [0.15, 0.2) is 35.1 Å². The number of nitrogens with zero attached hydrogens (tertiary/aromatic N) is 1. The summed E-state index contributed by atoms with van der Waals surface area (Å²) in [6.07, 6.45) is 3.49. The van der Waals surface area contributed by atoms with E-state index in [2.05, 4.69) is 26.2 Å². The topological polar surface area (TPSA) is 50.9 Å². The highest BCUT2D eigenvalue weighted by Crippen LogP contribution is 2.27. The van der Waals surface area contributed by atoms with Gasteiger partial charge in [0.15, 0.2) is 5.82 Å². The Labute approximate surface area is 130 Å². The second kappa shape index (κ2) is 6.28. The summed E-state index contributed by atoms with van der Waals surface area (Å²) in [5.41, 5.74) is 8.52. The van der Waals surface area contributed by atoms with Gasteiger partial charge in [0.25, 0.3) is 0 Å². The molecule has 20 heavy (non-hydrogen) atoms. The van der Waals surface area contributed by atoms with Crippen LogP contribution in [-0.4, -0.2) is 9.97 Å². The highest BCUT2D eigenvalue weighted by molar-refractivity contribution is 9.10. The monoisotopic (exact) mass is 353 g/mol. The van der Waals surface area contributed by atoms with Gasteiger partial charge in [-0.3, -0.25) is 4.98 Å². The third-order valence-corrected chi connectivity index (χ3v) is 3.96. The van der Waals surface area contributed by atoms with Crippen LogP contribution in [0.1, 0.15) is 16.7 Å². The summed E-state index contributed by atoms with van der Waals surface area (Å²) >= 11 is 8.04. The van der Waals surface area contributed by atoms with E-state index in [-0.39, 0.29) is 9.46 Å². The largest absolute Gasteiger partial charge is 0.389 e. The van der Waals surface area contributed by atoms with Gasteiger partial charge >= 0.3 is 0 Å². The number of hydrogen-bond acceptors (Lipinski definition) is 3. The molecular formula is C14H13BrFN3S. The smallest absolute Gasteiger partial charge is 0.161 e. The van der Waals surface area contributed by atoms with Gasteiger partial charge in [-0.15, -0.1) is 0 Å². The maximum atomic E-state index is 14.2. The third kappa shape index (κ3) is 3.13. The molecule has 0 aliphatic carbocycles. The first-order chi connectivity index (χ1) is 9.50. The zero-order chi connectivity index (χ0) is 14.7. The van der Waals surface area contributed by atoms with Crippen LogP contribution in [-0.2, 0) is 6.54 Å². The van der Waals surface area contributed by atoms with Crippen LogP contribution in [0.4, 0.5) is 10.1 Å². The minimum absolute atomic E-state index is 0.158. The number of aromatic nitrogens is 1. The fourth-order valence-electron chi connectivity index (χ4n) is 1.75. The number of benzene rings is 1. The van der Waals surface area contributed by atoms with Crippen molar-refractivity contribution in [2.45, 2.75) is 13.5 Å². The Morgan fingerprint density at radius 2 is 2.20 bits per heavy atom. The van der Waals surface area contributed by atoms with Crippen molar-refractivity contribution in [3.8, 4) is 0 Å². The average Bonchev–Trinajstić information content (AvgIpc) is 2.41. The molecule has 0 saturated carbocycles. The second-order valence-corrected chi connectivity index (χ2v) is 5.54. The quantitative estimate of drug-likeness (QED) is 0.825. The van der Waals surface area contributed by atoms with E-state index < -0.39 is 5.82 Å². The molecule has 0 aliphatic heterocycles.